The Bertz CT molecular complexity index is 2950. The number of halogens is 3. The SMILES string of the molecule is CCOc1c(Nc2cccc(C(=O)N3CCN4C(=O)CCC4C3)c2O)c(=O)c1=O.CC[C@@H](Nc1c(Nc2cccc(C(=O)N3CCN4C(=O)CCC4C3)c2O)c(=O)c1=O)c1ccc(C(F)(F)F)o1. The zero-order chi connectivity index (χ0) is 48.8. The predicted octanol–water partition coefficient (Wildman–Crippen LogP) is 3.93. The van der Waals surface area contributed by atoms with E-state index in [0.29, 0.717) is 58.5 Å². The largest absolute Gasteiger partial charge is 0.505 e. The fraction of sp³-hybridized carbons (Fsp3) is 0.391. The first-order valence-corrected chi connectivity index (χ1v) is 22.0. The summed E-state index contributed by atoms with van der Waals surface area (Å²) in [4.78, 5) is 105. The summed E-state index contributed by atoms with van der Waals surface area (Å²) in [5.41, 5.74) is -3.41. The van der Waals surface area contributed by atoms with Crippen molar-refractivity contribution in [3.05, 3.63) is 112 Å². The number of alkyl halides is 3. The molecule has 19 nitrogen and oxygen atoms in total. The van der Waals surface area contributed by atoms with Gasteiger partial charge in [-0.15, -0.1) is 0 Å². The molecule has 4 aliphatic rings. The molecular formula is C46H46F3N7O12. The minimum absolute atomic E-state index is 0.00363. The molecule has 4 amide bonds. The summed E-state index contributed by atoms with van der Waals surface area (Å²) in [7, 11) is 0. The lowest BCUT2D eigenvalue weighted by Crippen LogP contribution is -2.53. The number of nitrogens with zero attached hydrogens (tertiary/aromatic N) is 4. The Labute approximate surface area is 384 Å². The highest BCUT2D eigenvalue weighted by molar-refractivity contribution is 6.00. The van der Waals surface area contributed by atoms with Crippen LogP contribution in [-0.2, 0) is 15.8 Å². The van der Waals surface area contributed by atoms with Gasteiger partial charge >= 0.3 is 6.18 Å². The van der Waals surface area contributed by atoms with Crippen LogP contribution in [0.25, 0.3) is 0 Å². The van der Waals surface area contributed by atoms with Gasteiger partial charge in [-0.3, -0.25) is 38.4 Å². The second-order valence-electron chi connectivity index (χ2n) is 16.7. The quantitative estimate of drug-likeness (QED) is 0.0879. The summed E-state index contributed by atoms with van der Waals surface area (Å²) in [6.45, 7) is 5.93. The smallest absolute Gasteiger partial charge is 0.449 e. The van der Waals surface area contributed by atoms with Gasteiger partial charge in [-0.1, -0.05) is 19.1 Å². The summed E-state index contributed by atoms with van der Waals surface area (Å²) < 4.78 is 48.9. The molecular weight excluding hydrogens is 900 g/mol. The summed E-state index contributed by atoms with van der Waals surface area (Å²) in [5, 5.41) is 29.7. The van der Waals surface area contributed by atoms with Crippen LogP contribution in [0.4, 0.5) is 41.6 Å². The fourth-order valence-electron chi connectivity index (χ4n) is 9.00. The first-order valence-electron chi connectivity index (χ1n) is 22.0. The number of furan rings is 1. The van der Waals surface area contributed by atoms with Gasteiger partial charge in [0.1, 0.15) is 22.8 Å². The summed E-state index contributed by atoms with van der Waals surface area (Å²) in [5.74, 6) is -2.67. The topological polar surface area (TPSA) is 248 Å². The Balaban J connectivity index is 0.000000192. The van der Waals surface area contributed by atoms with E-state index in [0.717, 1.165) is 18.6 Å². The molecule has 3 atom stereocenters. The Kier molecular flexibility index (Phi) is 12.8. The van der Waals surface area contributed by atoms with Gasteiger partial charge in [-0.25, -0.2) is 0 Å². The summed E-state index contributed by atoms with van der Waals surface area (Å²) in [6.07, 6.45) is -2.12. The number of phenolic OH excluding ortho intramolecular Hbond substituents is 2. The molecule has 0 aliphatic carbocycles. The normalized spacial score (nSPS) is 18.5. The lowest BCUT2D eigenvalue weighted by atomic mass is 10.1. The van der Waals surface area contributed by atoms with Gasteiger partial charge in [0.15, 0.2) is 17.2 Å². The Hall–Kier alpha value is -7.65. The zero-order valence-corrected chi connectivity index (χ0v) is 36.7. The maximum absolute atomic E-state index is 13.2. The molecule has 5 N–H and O–H groups in total. The van der Waals surface area contributed by atoms with Crippen molar-refractivity contribution in [3.63, 3.8) is 0 Å². The monoisotopic (exact) mass is 945 g/mol. The third-order valence-electron chi connectivity index (χ3n) is 12.7. The number of para-hydroxylation sites is 2. The van der Waals surface area contributed by atoms with Crippen molar-refractivity contribution in [2.24, 2.45) is 0 Å². The highest BCUT2D eigenvalue weighted by Crippen LogP contribution is 2.38. The number of carbonyl (C=O) groups is 4. The van der Waals surface area contributed by atoms with E-state index >= 15 is 0 Å². The van der Waals surface area contributed by atoms with E-state index in [1.165, 1.54) is 30.3 Å². The minimum atomic E-state index is -4.67. The van der Waals surface area contributed by atoms with Crippen LogP contribution >= 0.6 is 0 Å². The molecule has 358 valence electrons. The van der Waals surface area contributed by atoms with Gasteiger partial charge in [-0.05, 0) is 62.6 Å². The van der Waals surface area contributed by atoms with Crippen molar-refractivity contribution in [1.82, 2.24) is 19.6 Å². The number of carbonyl (C=O) groups excluding carboxylic acids is 4. The first kappa shape index (κ1) is 46.9. The van der Waals surface area contributed by atoms with Gasteiger partial charge in [0.25, 0.3) is 33.5 Å². The number of piperazine rings is 2. The van der Waals surface area contributed by atoms with Crippen LogP contribution in [-0.4, -0.2) is 111 Å². The second-order valence-corrected chi connectivity index (χ2v) is 16.7. The number of phenols is 2. The fourth-order valence-corrected chi connectivity index (χ4v) is 9.00. The van der Waals surface area contributed by atoms with E-state index < -0.39 is 51.4 Å². The van der Waals surface area contributed by atoms with Crippen molar-refractivity contribution in [1.29, 1.82) is 0 Å². The average molecular weight is 946 g/mol. The molecule has 2 unspecified atom stereocenters. The number of hydrogen-bond acceptors (Lipinski definition) is 15. The van der Waals surface area contributed by atoms with Crippen molar-refractivity contribution in [2.45, 2.75) is 70.3 Å². The van der Waals surface area contributed by atoms with Crippen LogP contribution in [0.1, 0.15) is 84.2 Å². The average Bonchev–Trinajstić information content (AvgIpc) is 4.09. The number of hydrogen-bond donors (Lipinski definition) is 5. The zero-order valence-electron chi connectivity index (χ0n) is 36.7. The first-order chi connectivity index (χ1) is 32.4. The molecule has 4 aliphatic heterocycles. The summed E-state index contributed by atoms with van der Waals surface area (Å²) >= 11 is 0. The highest BCUT2D eigenvalue weighted by atomic mass is 19.4. The van der Waals surface area contributed by atoms with Crippen LogP contribution in [0.5, 0.6) is 17.2 Å². The molecule has 5 heterocycles. The van der Waals surface area contributed by atoms with Crippen molar-refractivity contribution >= 4 is 52.1 Å². The lowest BCUT2D eigenvalue weighted by molar-refractivity contribution is -0.153. The number of rotatable bonds is 12. The standard InChI is InChI=1S/C26H25F3N4O6.C20H21N3O6/c1-2-15(17-7-8-18(39-17)26(27,28)29)30-20-21(24(37)23(20)36)31-16-5-3-4-14(22(16)35)25(38)32-10-11-33-13(12-32)6-9-19(33)34;1-2-29-19-15(17(26)18(19)27)21-13-5-3-4-12(16(13)25)20(28)22-8-9-23-11(10-22)6-7-14(23)24/h3-5,7-8,13,15,30-31,35H,2,6,9-12H2,1H3;3-5,11,21,25H,2,6-10H2,1H3/t13?,15-;/m1./s1. The van der Waals surface area contributed by atoms with Gasteiger partial charge in [-0.2, -0.15) is 13.2 Å². The lowest BCUT2D eigenvalue weighted by Gasteiger charge is -2.37. The van der Waals surface area contributed by atoms with Gasteiger partial charge in [0.2, 0.25) is 17.6 Å². The van der Waals surface area contributed by atoms with Crippen LogP contribution < -0.4 is 42.4 Å². The molecule has 0 saturated carbocycles. The van der Waals surface area contributed by atoms with Gasteiger partial charge < -0.3 is 54.9 Å². The number of nitrogens with one attached hydrogen (secondary N) is 3. The molecule has 4 aromatic carbocycles. The second kappa shape index (κ2) is 18.6. The maximum Gasteiger partial charge on any atom is 0.449 e. The molecule has 0 spiro atoms. The molecule has 0 bridgehead atoms. The Morgan fingerprint density at radius 2 is 1.21 bits per heavy atom. The van der Waals surface area contributed by atoms with Crippen LogP contribution in [0.3, 0.4) is 0 Å². The molecule has 4 saturated heterocycles. The van der Waals surface area contributed by atoms with E-state index in [1.54, 1.807) is 34.6 Å². The van der Waals surface area contributed by atoms with Crippen molar-refractivity contribution in [2.75, 3.05) is 61.8 Å². The van der Waals surface area contributed by atoms with Gasteiger partial charge in [0, 0.05) is 64.2 Å². The Morgan fingerprint density at radius 1 is 0.706 bits per heavy atom. The number of fused-ring (bicyclic) bond motifs is 2. The third kappa shape index (κ3) is 8.72. The van der Waals surface area contributed by atoms with Crippen molar-refractivity contribution in [3.8, 4) is 17.2 Å². The summed E-state index contributed by atoms with van der Waals surface area (Å²) in [6, 6.07) is 9.97. The molecule has 0 radical (unpaired) electrons. The van der Waals surface area contributed by atoms with Gasteiger partial charge in [0.05, 0.1) is 35.2 Å². The molecule has 1 aromatic heterocycles. The van der Waals surface area contributed by atoms with E-state index in [9.17, 15) is 61.7 Å². The third-order valence-corrected chi connectivity index (χ3v) is 12.7. The molecule has 68 heavy (non-hydrogen) atoms. The number of amides is 4. The predicted molar refractivity (Wildman–Crippen MR) is 238 cm³/mol. The maximum atomic E-state index is 13.2. The number of benzene rings is 2. The number of anilines is 5. The van der Waals surface area contributed by atoms with E-state index in [4.69, 9.17) is 9.15 Å². The highest BCUT2D eigenvalue weighted by Gasteiger charge is 2.40. The molecule has 5 aromatic rings. The Morgan fingerprint density at radius 3 is 1.69 bits per heavy atom. The minimum Gasteiger partial charge on any atom is -0.505 e. The van der Waals surface area contributed by atoms with E-state index in [2.05, 4.69) is 16.0 Å². The molecule has 22 heteroatoms. The van der Waals surface area contributed by atoms with Crippen molar-refractivity contribution < 1.29 is 51.7 Å². The number of ether oxygens (including phenoxy) is 1. The molecule has 4 fully saturated rings. The molecule has 9 rings (SSSR count). The van der Waals surface area contributed by atoms with Crippen LogP contribution in [0.15, 0.2) is 72.1 Å². The van der Waals surface area contributed by atoms with E-state index in [-0.39, 0.29) is 99.7 Å². The van der Waals surface area contributed by atoms with E-state index in [1.807, 2.05) is 4.90 Å². The van der Waals surface area contributed by atoms with Crippen LogP contribution in [0.2, 0.25) is 0 Å². The number of aromatic hydroxyl groups is 2. The van der Waals surface area contributed by atoms with Crippen LogP contribution in [0, 0.1) is 0 Å².